The summed E-state index contributed by atoms with van der Waals surface area (Å²) in [6.45, 7) is 1.59. The number of amides is 1. The van der Waals surface area contributed by atoms with E-state index in [4.69, 9.17) is 14.2 Å². The van der Waals surface area contributed by atoms with E-state index in [-0.39, 0.29) is 5.76 Å². The second kappa shape index (κ2) is 7.76. The molecule has 24 heavy (non-hydrogen) atoms. The van der Waals surface area contributed by atoms with Gasteiger partial charge in [-0.15, -0.1) is 0 Å². The number of carbonyl (C=O) groups is 1. The van der Waals surface area contributed by atoms with Crippen LogP contribution in [0.1, 0.15) is 0 Å². The molecule has 1 aromatic heterocycles. The lowest BCUT2D eigenvalue weighted by molar-refractivity contribution is -0.119. The van der Waals surface area contributed by atoms with Crippen LogP contribution in [0.2, 0.25) is 0 Å². The molecular weight excluding hydrogens is 348 g/mol. The van der Waals surface area contributed by atoms with Crippen molar-refractivity contribution in [1.82, 2.24) is 4.57 Å². The molecule has 1 aliphatic rings. The van der Waals surface area contributed by atoms with Crippen molar-refractivity contribution >= 4 is 39.2 Å². The number of methoxy groups -OCH3 is 1. The number of aryl methyl sites for hydroxylation is 1. The summed E-state index contributed by atoms with van der Waals surface area (Å²) < 4.78 is 18.8. The van der Waals surface area contributed by atoms with E-state index in [1.165, 1.54) is 17.6 Å². The summed E-state index contributed by atoms with van der Waals surface area (Å²) in [5.74, 6) is 1.44. The topological polar surface area (TPSA) is 62.1 Å². The second-order valence-corrected chi connectivity index (χ2v) is 6.98. The van der Waals surface area contributed by atoms with Crippen molar-refractivity contribution in [2.75, 3.05) is 32.3 Å². The summed E-state index contributed by atoms with van der Waals surface area (Å²) in [5.41, 5.74) is 1.04. The highest BCUT2D eigenvalue weighted by molar-refractivity contribution is 7.98. The first-order valence-corrected chi connectivity index (χ1v) is 9.64. The molecule has 0 N–H and O–H groups in total. The van der Waals surface area contributed by atoms with Crippen molar-refractivity contribution in [3.63, 3.8) is 0 Å². The van der Waals surface area contributed by atoms with E-state index < -0.39 is 5.91 Å². The fourth-order valence-electron chi connectivity index (χ4n) is 2.29. The minimum atomic E-state index is -0.425. The van der Waals surface area contributed by atoms with Crippen LogP contribution in [0.5, 0.6) is 5.75 Å². The number of rotatable bonds is 5. The second-order valence-electron chi connectivity index (χ2n) is 4.98. The first kappa shape index (κ1) is 16.9. The summed E-state index contributed by atoms with van der Waals surface area (Å²) >= 11 is 3.21. The third kappa shape index (κ3) is 3.59. The van der Waals surface area contributed by atoms with E-state index in [0.717, 1.165) is 28.3 Å². The van der Waals surface area contributed by atoms with Crippen molar-refractivity contribution in [2.45, 2.75) is 6.54 Å². The SMILES string of the molecule is COc1ccc2c(c1)sc(=NC(=O)C1=COCCO1)n2CCSC. The fourth-order valence-corrected chi connectivity index (χ4v) is 3.74. The highest BCUT2D eigenvalue weighted by atomic mass is 32.2. The normalized spacial score (nSPS) is 14.9. The van der Waals surface area contributed by atoms with Gasteiger partial charge in [0.25, 0.3) is 0 Å². The van der Waals surface area contributed by atoms with Crippen molar-refractivity contribution in [3.8, 4) is 5.75 Å². The smallest absolute Gasteiger partial charge is 0.317 e. The molecule has 0 saturated carbocycles. The van der Waals surface area contributed by atoms with Crippen molar-refractivity contribution < 1.29 is 19.0 Å². The molecular formula is C16H18N2O4S2. The lowest BCUT2D eigenvalue weighted by Gasteiger charge is -2.12. The van der Waals surface area contributed by atoms with Gasteiger partial charge in [0, 0.05) is 12.3 Å². The number of thioether (sulfide) groups is 1. The molecule has 0 radical (unpaired) electrons. The molecule has 128 valence electrons. The van der Waals surface area contributed by atoms with Crippen LogP contribution in [0.3, 0.4) is 0 Å². The molecule has 6 nitrogen and oxygen atoms in total. The Labute approximate surface area is 147 Å². The maximum Gasteiger partial charge on any atom is 0.317 e. The number of hydrogen-bond donors (Lipinski definition) is 0. The highest BCUT2D eigenvalue weighted by Crippen LogP contribution is 2.23. The lowest BCUT2D eigenvalue weighted by atomic mass is 10.3. The zero-order chi connectivity index (χ0) is 16.9. The van der Waals surface area contributed by atoms with Crippen LogP contribution in [0.25, 0.3) is 10.2 Å². The van der Waals surface area contributed by atoms with E-state index in [2.05, 4.69) is 15.8 Å². The standard InChI is InChI=1S/C16H18N2O4S2/c1-20-11-3-4-12-14(9-11)24-16(18(12)5-8-23-2)17-15(19)13-10-21-6-7-22-13/h3-4,9-10H,5-8H2,1-2H3. The summed E-state index contributed by atoms with van der Waals surface area (Å²) in [5, 5.41) is 0. The molecule has 0 unspecified atom stereocenters. The molecule has 0 spiro atoms. The van der Waals surface area contributed by atoms with Crippen LogP contribution in [-0.2, 0) is 20.8 Å². The number of thiazole rings is 1. The van der Waals surface area contributed by atoms with Gasteiger partial charge >= 0.3 is 5.91 Å². The molecule has 0 bridgehead atoms. The van der Waals surface area contributed by atoms with E-state index in [9.17, 15) is 4.79 Å². The Hall–Kier alpha value is -1.93. The zero-order valence-corrected chi connectivity index (χ0v) is 15.1. The van der Waals surface area contributed by atoms with Gasteiger partial charge in [-0.05, 0) is 24.5 Å². The van der Waals surface area contributed by atoms with Gasteiger partial charge in [0.1, 0.15) is 25.2 Å². The third-order valence-electron chi connectivity index (χ3n) is 3.47. The molecule has 0 atom stereocenters. The van der Waals surface area contributed by atoms with Gasteiger partial charge in [0.2, 0.25) is 5.76 Å². The average molecular weight is 366 g/mol. The number of carbonyl (C=O) groups excluding carboxylic acids is 1. The van der Waals surface area contributed by atoms with Gasteiger partial charge in [0.15, 0.2) is 4.80 Å². The quantitative estimate of drug-likeness (QED) is 0.813. The third-order valence-corrected chi connectivity index (χ3v) is 5.10. The molecule has 8 heteroatoms. The van der Waals surface area contributed by atoms with E-state index >= 15 is 0 Å². The van der Waals surface area contributed by atoms with Gasteiger partial charge in [-0.2, -0.15) is 16.8 Å². The van der Waals surface area contributed by atoms with Gasteiger partial charge in [0.05, 0.1) is 17.3 Å². The number of fused-ring (bicyclic) bond motifs is 1. The monoisotopic (exact) mass is 366 g/mol. The van der Waals surface area contributed by atoms with Gasteiger partial charge in [-0.3, -0.25) is 4.79 Å². The molecule has 0 saturated heterocycles. The number of benzene rings is 1. The van der Waals surface area contributed by atoms with Crippen molar-refractivity contribution in [3.05, 3.63) is 35.0 Å². The molecule has 1 amide bonds. The first-order valence-electron chi connectivity index (χ1n) is 7.43. The maximum absolute atomic E-state index is 12.3. The van der Waals surface area contributed by atoms with E-state index in [1.807, 2.05) is 18.2 Å². The Morgan fingerprint density at radius 1 is 1.46 bits per heavy atom. The summed E-state index contributed by atoms with van der Waals surface area (Å²) in [6.07, 6.45) is 3.38. The predicted molar refractivity (Wildman–Crippen MR) is 95.3 cm³/mol. The molecule has 3 rings (SSSR count). The molecule has 2 aromatic rings. The number of nitrogens with zero attached hydrogens (tertiary/aromatic N) is 2. The highest BCUT2D eigenvalue weighted by Gasteiger charge is 2.15. The number of ether oxygens (including phenoxy) is 3. The van der Waals surface area contributed by atoms with Crippen LogP contribution in [0.15, 0.2) is 35.2 Å². The van der Waals surface area contributed by atoms with Crippen molar-refractivity contribution in [2.24, 2.45) is 4.99 Å². The zero-order valence-electron chi connectivity index (χ0n) is 13.5. The largest absolute Gasteiger partial charge is 0.497 e. The maximum atomic E-state index is 12.3. The Kier molecular flexibility index (Phi) is 5.47. The summed E-state index contributed by atoms with van der Waals surface area (Å²) in [4.78, 5) is 17.2. The molecule has 0 aliphatic carbocycles. The predicted octanol–water partition coefficient (Wildman–Crippen LogP) is 2.39. The van der Waals surface area contributed by atoms with Gasteiger partial charge in [-0.25, -0.2) is 0 Å². The number of aromatic nitrogens is 1. The Bertz CT molecular complexity index is 838. The Morgan fingerprint density at radius 3 is 3.04 bits per heavy atom. The van der Waals surface area contributed by atoms with E-state index in [1.54, 1.807) is 18.9 Å². The minimum Gasteiger partial charge on any atom is -0.497 e. The Balaban J connectivity index is 2.05. The molecule has 2 heterocycles. The van der Waals surface area contributed by atoms with Crippen LogP contribution >= 0.6 is 23.1 Å². The van der Waals surface area contributed by atoms with Gasteiger partial charge < -0.3 is 18.8 Å². The van der Waals surface area contributed by atoms with Gasteiger partial charge in [-0.1, -0.05) is 11.3 Å². The van der Waals surface area contributed by atoms with Crippen molar-refractivity contribution in [1.29, 1.82) is 0 Å². The average Bonchev–Trinajstić information content (AvgIpc) is 2.96. The minimum absolute atomic E-state index is 0.146. The lowest BCUT2D eigenvalue weighted by Crippen LogP contribution is -2.20. The van der Waals surface area contributed by atoms with Crippen LogP contribution < -0.4 is 9.54 Å². The van der Waals surface area contributed by atoms with Crippen LogP contribution in [-0.4, -0.2) is 42.8 Å². The Morgan fingerprint density at radius 2 is 2.33 bits per heavy atom. The van der Waals surface area contributed by atoms with E-state index in [0.29, 0.717) is 18.0 Å². The van der Waals surface area contributed by atoms with Crippen LogP contribution in [0.4, 0.5) is 0 Å². The summed E-state index contributed by atoms with van der Waals surface area (Å²) in [6, 6.07) is 5.86. The molecule has 1 aliphatic heterocycles. The first-order chi connectivity index (χ1) is 11.7. The van der Waals surface area contributed by atoms with Crippen LogP contribution in [0, 0.1) is 0 Å². The fraction of sp³-hybridized carbons (Fsp3) is 0.375. The molecule has 0 fully saturated rings. The number of hydrogen-bond acceptors (Lipinski definition) is 6. The molecule has 1 aromatic carbocycles. The summed E-state index contributed by atoms with van der Waals surface area (Å²) in [7, 11) is 1.64.